The summed E-state index contributed by atoms with van der Waals surface area (Å²) < 4.78 is 387. The highest BCUT2D eigenvalue weighted by Gasteiger charge is 2.53. The second kappa shape index (κ2) is 46.2. The Balaban J connectivity index is 1.71. The fourth-order valence-corrected chi connectivity index (χ4v) is 17.6. The van der Waals surface area contributed by atoms with Gasteiger partial charge < -0.3 is 29.2 Å². The predicted molar refractivity (Wildman–Crippen MR) is 423 cm³/mol. The number of halogens is 26. The summed E-state index contributed by atoms with van der Waals surface area (Å²) in [5.74, 6) is -44.7. The van der Waals surface area contributed by atoms with Crippen LogP contribution in [0.1, 0.15) is 210 Å². The van der Waals surface area contributed by atoms with Crippen LogP contribution in [-0.2, 0) is 70.4 Å². The fraction of sp³-hybridized carbons (Fsp3) is 0.643. The van der Waals surface area contributed by atoms with E-state index in [-0.39, 0.29) is 233 Å². The third-order valence-corrected chi connectivity index (χ3v) is 23.1. The van der Waals surface area contributed by atoms with Crippen LogP contribution >= 0.6 is 47.0 Å². The van der Waals surface area contributed by atoms with Gasteiger partial charge in [-0.05, 0) is 205 Å². The molecule has 0 aliphatic heterocycles. The molecule has 1 aliphatic rings. The lowest BCUT2D eigenvalue weighted by molar-refractivity contribution is -0.208. The van der Waals surface area contributed by atoms with Gasteiger partial charge >= 0.3 is 24.3 Å². The number of carbonyl (C=O) groups is 2. The first-order valence-electron chi connectivity index (χ1n) is 39.2. The zero-order valence-electron chi connectivity index (χ0n) is 67.7. The summed E-state index contributed by atoms with van der Waals surface area (Å²) in [5, 5.41) is 25.8. The summed E-state index contributed by atoms with van der Waals surface area (Å²) in [6.45, 7) is 8.87. The molecule has 38 heteroatoms. The average Bonchev–Trinajstić information content (AvgIpc) is 0.793. The summed E-state index contributed by atoms with van der Waals surface area (Å²) in [4.78, 5) is 25.5. The minimum absolute atomic E-state index is 0.0236. The summed E-state index contributed by atoms with van der Waals surface area (Å²) in [6, 6.07) is 13.4. The van der Waals surface area contributed by atoms with Crippen LogP contribution in [0.25, 0.3) is 0 Å². The summed E-state index contributed by atoms with van der Waals surface area (Å²) in [7, 11) is 0. The number of aromatic hydroxyl groups is 2. The third-order valence-electron chi connectivity index (χ3n) is 18.6. The third kappa shape index (κ3) is 42.1. The maximum absolute atomic E-state index is 15.0. The van der Waals surface area contributed by atoms with Crippen LogP contribution in [0.3, 0.4) is 0 Å². The standard InChI is InChI=1S/C84H102F26O8S4/c1-53(2)71(113)117-23-21-115-69-63-37-57(15-8-26-120-30-12-18-76(91,92)48-82(103,104)52-84(108,109)110)38-64(69)43-61-35-56(14-9-27-121-31-19-77(93,94)49-79(97,98)45-73(5,85)86)36-62(68(61)112)44-66-40-58(16-10-28-122-32-20-78(95,96)50-80(99,100)46-74(6,87)88)39-65(70(66)116-22-24-118-72(114)54(3)4)42-60-34-55(33-59(41-63)67(60)111)13-7-25-119-29-11-17-75(89,90)47-81(101,102)51-83(105,106)107/h33-40,111-112H,1,3,7-32,41-52H2,2,4-6H3. The van der Waals surface area contributed by atoms with Crippen molar-refractivity contribution in [1.29, 1.82) is 0 Å². The minimum Gasteiger partial charge on any atom is -0.507 e. The van der Waals surface area contributed by atoms with Crippen molar-refractivity contribution in [1.82, 2.24) is 0 Å². The maximum Gasteiger partial charge on any atom is 0.394 e. The number of fused-ring (bicyclic) bond motifs is 8. The number of benzene rings is 4. The van der Waals surface area contributed by atoms with Crippen LogP contribution in [0, 0.1) is 0 Å². The molecule has 0 aromatic heterocycles. The predicted octanol–water partition coefficient (Wildman–Crippen LogP) is 26.4. The number of rotatable bonds is 54. The first kappa shape index (κ1) is 107. The number of esters is 2. The Labute approximate surface area is 709 Å². The van der Waals surface area contributed by atoms with Gasteiger partial charge in [0.25, 0.3) is 59.2 Å². The van der Waals surface area contributed by atoms with Crippen LogP contribution in [0.2, 0.25) is 0 Å². The Morgan fingerprint density at radius 1 is 0.320 bits per heavy atom. The van der Waals surface area contributed by atoms with E-state index >= 15 is 0 Å². The van der Waals surface area contributed by atoms with Gasteiger partial charge in [-0.2, -0.15) is 73.4 Å². The molecule has 1 aliphatic carbocycles. The number of aryl methyl sites for hydroxylation is 4. The highest BCUT2D eigenvalue weighted by molar-refractivity contribution is 7.99. The maximum atomic E-state index is 15.0. The number of ether oxygens (including phenoxy) is 4. The van der Waals surface area contributed by atoms with Crippen molar-refractivity contribution in [3.05, 3.63) is 140 Å². The van der Waals surface area contributed by atoms with E-state index in [2.05, 4.69) is 13.2 Å². The fourth-order valence-electron chi connectivity index (χ4n) is 13.8. The van der Waals surface area contributed by atoms with E-state index in [1.807, 2.05) is 0 Å². The quantitative estimate of drug-likeness (QED) is 0.0167. The zero-order valence-corrected chi connectivity index (χ0v) is 71.0. The van der Waals surface area contributed by atoms with Gasteiger partial charge in [-0.25, -0.2) is 97.4 Å². The van der Waals surface area contributed by atoms with Crippen LogP contribution < -0.4 is 9.47 Å². The Kier molecular flexibility index (Phi) is 40.4. The number of phenolic OH excluding ortho intramolecular Hbond substituents is 2. The van der Waals surface area contributed by atoms with Crippen molar-refractivity contribution in [2.45, 2.75) is 266 Å². The van der Waals surface area contributed by atoms with Crippen LogP contribution in [0.15, 0.2) is 72.8 Å². The van der Waals surface area contributed by atoms with Gasteiger partial charge in [-0.15, -0.1) is 0 Å². The Bertz CT molecular complexity index is 4030. The lowest BCUT2D eigenvalue weighted by atomic mass is 9.87. The van der Waals surface area contributed by atoms with Crippen molar-refractivity contribution >= 4 is 59.0 Å². The van der Waals surface area contributed by atoms with Crippen LogP contribution in [-0.4, -0.2) is 166 Å². The number of phenols is 2. The van der Waals surface area contributed by atoms with Gasteiger partial charge in [0.05, 0.1) is 38.5 Å². The monoisotopic (exact) mass is 1860 g/mol. The van der Waals surface area contributed by atoms with Crippen LogP contribution in [0.5, 0.6) is 23.0 Å². The van der Waals surface area contributed by atoms with E-state index in [9.17, 15) is 134 Å². The molecule has 122 heavy (non-hydrogen) atoms. The van der Waals surface area contributed by atoms with Crippen molar-refractivity contribution in [2.24, 2.45) is 0 Å². The number of alkyl halides is 26. The number of hydrogen-bond donors (Lipinski definition) is 2. The molecule has 0 atom stereocenters. The van der Waals surface area contributed by atoms with Crippen molar-refractivity contribution in [2.75, 3.05) is 72.5 Å². The first-order valence-corrected chi connectivity index (χ1v) is 43.8. The number of carbonyl (C=O) groups excluding carboxylic acids is 2. The molecule has 0 unspecified atom stereocenters. The van der Waals surface area contributed by atoms with Gasteiger partial charge in [0, 0.05) is 62.5 Å². The molecule has 0 amide bonds. The van der Waals surface area contributed by atoms with E-state index in [4.69, 9.17) is 18.9 Å². The Morgan fingerprint density at radius 2 is 0.549 bits per heavy atom. The molecule has 8 nitrogen and oxygen atoms in total. The second-order valence-electron chi connectivity index (χ2n) is 31.5. The summed E-state index contributed by atoms with van der Waals surface area (Å²) >= 11 is 4.19. The molecular weight excluding hydrogens is 1760 g/mol. The number of thioether (sulfide) groups is 4. The molecule has 0 saturated heterocycles. The SMILES string of the molecule is C=C(C)C(=O)OCCOc1c2cc(CCCSCCCC(F)(F)CC(F)(F)CC(F)(F)F)cc1Cc1cc(CCCSCCC(F)(F)CC(F)(F)CC(C)(F)F)cc(c1O)Cc1cc(CCCSCCC(F)(F)CC(F)(F)CC(C)(F)F)cc(c1OCCOC(=O)C(=C)C)Cc1cc(CCCSCCCC(F)(F)CC(F)(F)CC(F)(F)F)cc(c1O)C2. The normalized spacial score (nSPS) is 13.8. The Hall–Kier alpha value is -5.92. The molecule has 0 saturated carbocycles. The van der Waals surface area contributed by atoms with E-state index in [0.29, 0.717) is 44.5 Å². The molecular formula is C84H102F26O8S4. The van der Waals surface area contributed by atoms with Gasteiger partial charge in [-0.3, -0.25) is 0 Å². The first-order chi connectivity index (χ1) is 56.1. The average molecular weight is 1860 g/mol. The van der Waals surface area contributed by atoms with Gasteiger partial charge in [0.2, 0.25) is 0 Å². The molecule has 5 rings (SSSR count). The van der Waals surface area contributed by atoms with E-state index in [1.54, 1.807) is 48.5 Å². The smallest absolute Gasteiger partial charge is 0.394 e. The highest BCUT2D eigenvalue weighted by atomic mass is 32.2. The molecule has 0 spiro atoms. The topological polar surface area (TPSA) is 112 Å². The van der Waals surface area contributed by atoms with Crippen molar-refractivity contribution in [3.63, 3.8) is 0 Å². The zero-order chi connectivity index (χ0) is 91.7. The minimum atomic E-state index is -5.41. The molecule has 8 bridgehead atoms. The summed E-state index contributed by atoms with van der Waals surface area (Å²) in [6.07, 6.45) is -34.0. The molecule has 0 heterocycles. The number of hydrogen-bond acceptors (Lipinski definition) is 12. The molecule has 4 aromatic rings. The van der Waals surface area contributed by atoms with E-state index < -0.39 is 161 Å². The molecule has 0 radical (unpaired) electrons. The second-order valence-corrected chi connectivity index (χ2v) is 36.4. The lowest BCUT2D eigenvalue weighted by Crippen LogP contribution is -2.34. The van der Waals surface area contributed by atoms with Gasteiger partial charge in [0.15, 0.2) is 0 Å². The summed E-state index contributed by atoms with van der Waals surface area (Å²) in [5.41, 5.74) is 4.27. The molecule has 692 valence electrons. The highest BCUT2D eigenvalue weighted by Crippen LogP contribution is 2.47. The molecule has 0 fully saturated rings. The van der Waals surface area contributed by atoms with Gasteiger partial charge in [-0.1, -0.05) is 61.7 Å². The Morgan fingerprint density at radius 3 is 0.795 bits per heavy atom. The van der Waals surface area contributed by atoms with E-state index in [0.717, 1.165) is 47.0 Å². The van der Waals surface area contributed by atoms with Crippen molar-refractivity contribution in [3.8, 4) is 23.0 Å². The molecule has 4 aromatic carbocycles. The van der Waals surface area contributed by atoms with E-state index in [1.165, 1.54) is 13.8 Å². The molecule has 2 N–H and O–H groups in total. The largest absolute Gasteiger partial charge is 0.507 e. The lowest BCUT2D eigenvalue weighted by Gasteiger charge is -2.25. The van der Waals surface area contributed by atoms with Crippen LogP contribution in [0.4, 0.5) is 114 Å². The van der Waals surface area contributed by atoms with Gasteiger partial charge in [0.1, 0.15) is 62.3 Å². The van der Waals surface area contributed by atoms with Crippen molar-refractivity contribution < 1.29 is 153 Å².